The molecule has 0 spiro atoms. The zero-order valence-electron chi connectivity index (χ0n) is 10.3. The molecule has 0 radical (unpaired) electrons. The molecule has 0 atom stereocenters. The SMILES string of the molecule is CC(C)(C(=O)Cc1cc(F)ccc1F)S(C)(=O)=O. The van der Waals surface area contributed by atoms with Crippen molar-refractivity contribution in [2.45, 2.75) is 25.0 Å². The van der Waals surface area contributed by atoms with Gasteiger partial charge in [-0.1, -0.05) is 0 Å². The van der Waals surface area contributed by atoms with Crippen molar-refractivity contribution in [2.24, 2.45) is 0 Å². The second-order valence-corrected chi connectivity index (χ2v) is 7.18. The van der Waals surface area contributed by atoms with Crippen molar-refractivity contribution in [3.8, 4) is 0 Å². The second-order valence-electron chi connectivity index (χ2n) is 4.62. The van der Waals surface area contributed by atoms with Crippen LogP contribution in [0.3, 0.4) is 0 Å². The fourth-order valence-corrected chi connectivity index (χ4v) is 1.76. The Morgan fingerprint density at radius 3 is 2.33 bits per heavy atom. The van der Waals surface area contributed by atoms with Gasteiger partial charge in [0.2, 0.25) is 0 Å². The summed E-state index contributed by atoms with van der Waals surface area (Å²) in [6, 6.07) is 2.74. The zero-order valence-corrected chi connectivity index (χ0v) is 11.1. The lowest BCUT2D eigenvalue weighted by atomic mass is 10.00. The van der Waals surface area contributed by atoms with Crippen LogP contribution in [0.4, 0.5) is 8.78 Å². The summed E-state index contributed by atoms with van der Waals surface area (Å²) < 4.78 is 47.6. The molecular weight excluding hydrogens is 262 g/mol. The number of sulfone groups is 1. The lowest BCUT2D eigenvalue weighted by Gasteiger charge is -2.20. The molecule has 0 aliphatic rings. The molecular formula is C12H14F2O3S. The highest BCUT2D eigenvalue weighted by Crippen LogP contribution is 2.20. The van der Waals surface area contributed by atoms with Crippen LogP contribution in [-0.4, -0.2) is 25.2 Å². The van der Waals surface area contributed by atoms with E-state index in [1.54, 1.807) is 0 Å². The summed E-state index contributed by atoms with van der Waals surface area (Å²) >= 11 is 0. The third kappa shape index (κ3) is 2.93. The maximum absolute atomic E-state index is 13.3. The van der Waals surface area contributed by atoms with Gasteiger partial charge in [0.25, 0.3) is 0 Å². The zero-order chi connectivity index (χ0) is 14.1. The number of rotatable bonds is 4. The Morgan fingerprint density at radius 2 is 1.83 bits per heavy atom. The van der Waals surface area contributed by atoms with Gasteiger partial charge in [-0.2, -0.15) is 0 Å². The first-order valence-corrected chi connectivity index (χ1v) is 7.11. The first-order chi connectivity index (χ1) is 8.05. The van der Waals surface area contributed by atoms with E-state index in [0.29, 0.717) is 0 Å². The van der Waals surface area contributed by atoms with Crippen molar-refractivity contribution in [2.75, 3.05) is 6.26 Å². The predicted octanol–water partition coefficient (Wildman–Crippen LogP) is 1.90. The maximum atomic E-state index is 13.3. The molecule has 0 amide bonds. The van der Waals surface area contributed by atoms with Gasteiger partial charge in [0.15, 0.2) is 15.6 Å². The topological polar surface area (TPSA) is 51.2 Å². The Bertz CT molecular complexity index is 577. The van der Waals surface area contributed by atoms with E-state index >= 15 is 0 Å². The number of carbonyl (C=O) groups excluding carboxylic acids is 1. The van der Waals surface area contributed by atoms with Gasteiger partial charge in [0.1, 0.15) is 16.4 Å². The molecule has 1 aromatic carbocycles. The lowest BCUT2D eigenvalue weighted by Crippen LogP contribution is -2.41. The van der Waals surface area contributed by atoms with E-state index in [0.717, 1.165) is 24.5 Å². The summed E-state index contributed by atoms with van der Waals surface area (Å²) in [6.45, 7) is 2.50. The molecule has 3 nitrogen and oxygen atoms in total. The average molecular weight is 276 g/mol. The molecule has 0 fully saturated rings. The van der Waals surface area contributed by atoms with Crippen molar-refractivity contribution in [1.82, 2.24) is 0 Å². The van der Waals surface area contributed by atoms with E-state index < -0.39 is 38.4 Å². The van der Waals surface area contributed by atoms with Crippen molar-refractivity contribution in [3.63, 3.8) is 0 Å². The molecule has 0 aliphatic heterocycles. The molecule has 0 saturated carbocycles. The summed E-state index contributed by atoms with van der Waals surface area (Å²) in [5, 5.41) is 0. The van der Waals surface area contributed by atoms with Crippen LogP contribution in [0.25, 0.3) is 0 Å². The Kier molecular flexibility index (Phi) is 3.90. The van der Waals surface area contributed by atoms with Gasteiger partial charge in [-0.3, -0.25) is 4.79 Å². The van der Waals surface area contributed by atoms with Crippen molar-refractivity contribution in [1.29, 1.82) is 0 Å². The van der Waals surface area contributed by atoms with Gasteiger partial charge >= 0.3 is 0 Å². The fraction of sp³-hybridized carbons (Fsp3) is 0.417. The minimum atomic E-state index is -3.61. The van der Waals surface area contributed by atoms with Gasteiger partial charge in [-0.25, -0.2) is 17.2 Å². The number of carbonyl (C=O) groups is 1. The van der Waals surface area contributed by atoms with E-state index in [2.05, 4.69) is 0 Å². The Morgan fingerprint density at radius 1 is 1.28 bits per heavy atom. The Balaban J connectivity index is 3.06. The predicted molar refractivity (Wildman–Crippen MR) is 64.0 cm³/mol. The monoisotopic (exact) mass is 276 g/mol. The molecule has 0 aromatic heterocycles. The van der Waals surface area contributed by atoms with E-state index in [-0.39, 0.29) is 5.56 Å². The molecule has 0 aliphatic carbocycles. The molecule has 6 heteroatoms. The molecule has 0 bridgehead atoms. The van der Waals surface area contributed by atoms with E-state index in [1.165, 1.54) is 13.8 Å². The van der Waals surface area contributed by atoms with Gasteiger partial charge in [-0.05, 0) is 37.6 Å². The highest BCUT2D eigenvalue weighted by atomic mass is 32.2. The third-order valence-electron chi connectivity index (χ3n) is 2.96. The van der Waals surface area contributed by atoms with E-state index in [4.69, 9.17) is 0 Å². The highest BCUT2D eigenvalue weighted by molar-refractivity contribution is 7.92. The number of Topliss-reactive ketones (excluding diaryl/α,β-unsaturated/α-hetero) is 1. The number of halogens is 2. The molecule has 100 valence electrons. The second kappa shape index (κ2) is 4.76. The minimum Gasteiger partial charge on any atom is -0.298 e. The van der Waals surface area contributed by atoms with Crippen LogP contribution in [0, 0.1) is 11.6 Å². The summed E-state index contributed by atoms with van der Waals surface area (Å²) in [4.78, 5) is 11.9. The molecule has 0 N–H and O–H groups in total. The Labute approximate surface area is 105 Å². The summed E-state index contributed by atoms with van der Waals surface area (Å²) in [7, 11) is -3.61. The van der Waals surface area contributed by atoms with E-state index in [1.807, 2.05) is 0 Å². The average Bonchev–Trinajstić information content (AvgIpc) is 2.21. The van der Waals surface area contributed by atoms with Gasteiger partial charge < -0.3 is 0 Å². The lowest BCUT2D eigenvalue weighted by molar-refractivity contribution is -0.120. The van der Waals surface area contributed by atoms with E-state index in [9.17, 15) is 22.0 Å². The molecule has 0 unspecified atom stereocenters. The van der Waals surface area contributed by atoms with Crippen molar-refractivity contribution in [3.05, 3.63) is 35.4 Å². The number of hydrogen-bond acceptors (Lipinski definition) is 3. The largest absolute Gasteiger partial charge is 0.298 e. The number of benzene rings is 1. The smallest absolute Gasteiger partial charge is 0.159 e. The summed E-state index contributed by atoms with van der Waals surface area (Å²) in [5.74, 6) is -2.07. The first kappa shape index (κ1) is 14.8. The summed E-state index contributed by atoms with van der Waals surface area (Å²) in [5.41, 5.74) is -0.142. The van der Waals surface area contributed by atoms with Crippen LogP contribution in [0.1, 0.15) is 19.4 Å². The fourth-order valence-electron chi connectivity index (χ4n) is 1.27. The van der Waals surface area contributed by atoms with Crippen LogP contribution in [-0.2, 0) is 21.1 Å². The maximum Gasteiger partial charge on any atom is 0.159 e. The number of hydrogen-bond donors (Lipinski definition) is 0. The standard InChI is InChI=1S/C12H14F2O3S/c1-12(2,18(3,16)17)11(15)7-8-6-9(13)4-5-10(8)14/h4-6H,7H2,1-3H3. The van der Waals surface area contributed by atoms with Crippen LogP contribution >= 0.6 is 0 Å². The van der Waals surface area contributed by atoms with Gasteiger partial charge in [0, 0.05) is 12.7 Å². The quantitative estimate of drug-likeness (QED) is 0.844. The molecule has 1 aromatic rings. The highest BCUT2D eigenvalue weighted by Gasteiger charge is 2.38. The first-order valence-electron chi connectivity index (χ1n) is 5.22. The van der Waals surface area contributed by atoms with Crippen LogP contribution in [0.2, 0.25) is 0 Å². The minimum absolute atomic E-state index is 0.142. The molecule has 0 heterocycles. The normalized spacial score (nSPS) is 12.5. The van der Waals surface area contributed by atoms with Gasteiger partial charge in [0.05, 0.1) is 0 Å². The van der Waals surface area contributed by atoms with Crippen LogP contribution in [0.15, 0.2) is 18.2 Å². The summed E-state index contributed by atoms with van der Waals surface area (Å²) in [6.07, 6.45) is 0.483. The molecule has 0 saturated heterocycles. The Hall–Kier alpha value is -1.30. The van der Waals surface area contributed by atoms with Crippen LogP contribution < -0.4 is 0 Å². The van der Waals surface area contributed by atoms with Crippen molar-refractivity contribution < 1.29 is 22.0 Å². The van der Waals surface area contributed by atoms with Crippen molar-refractivity contribution >= 4 is 15.6 Å². The van der Waals surface area contributed by atoms with Gasteiger partial charge in [-0.15, -0.1) is 0 Å². The molecule has 18 heavy (non-hydrogen) atoms. The third-order valence-corrected chi connectivity index (χ3v) is 5.04. The van der Waals surface area contributed by atoms with Crippen LogP contribution in [0.5, 0.6) is 0 Å². The number of ketones is 1. The molecule has 1 rings (SSSR count).